The molecule has 2 atom stereocenters. The Balaban J connectivity index is 1.73. The molecule has 2 aliphatic rings. The van der Waals surface area contributed by atoms with Gasteiger partial charge in [-0.15, -0.1) is 0 Å². The van der Waals surface area contributed by atoms with Crippen molar-refractivity contribution < 1.29 is 24.4 Å². The third kappa shape index (κ3) is 5.94. The fraction of sp³-hybridized carbons (Fsp3) is 0.600. The number of aryl methyl sites for hydroxylation is 1. The largest absolute Gasteiger partial charge is 0.344 e. The van der Waals surface area contributed by atoms with Crippen LogP contribution in [0.25, 0.3) is 0 Å². The highest BCUT2D eigenvalue weighted by Gasteiger charge is 2.52. The summed E-state index contributed by atoms with van der Waals surface area (Å²) in [6.45, 7) is 3.87. The zero-order valence-electron chi connectivity index (χ0n) is 20.0. The van der Waals surface area contributed by atoms with Crippen molar-refractivity contribution in [3.63, 3.8) is 0 Å². The Hall–Kier alpha value is -2.94. The molecule has 34 heavy (non-hydrogen) atoms. The molecule has 0 aromatic heterocycles. The predicted octanol–water partition coefficient (Wildman–Crippen LogP) is 3.08. The topological polar surface area (TPSA) is 128 Å². The van der Waals surface area contributed by atoms with Crippen molar-refractivity contribution in [2.45, 2.75) is 77.2 Å². The van der Waals surface area contributed by atoms with E-state index in [9.17, 15) is 24.4 Å². The number of carbonyl (C=O) groups is 4. The van der Waals surface area contributed by atoms with Crippen LogP contribution in [-0.4, -0.2) is 39.5 Å². The van der Waals surface area contributed by atoms with Crippen molar-refractivity contribution >= 4 is 23.8 Å². The van der Waals surface area contributed by atoms with Crippen LogP contribution in [0.15, 0.2) is 30.3 Å². The van der Waals surface area contributed by atoms with E-state index in [0.717, 1.165) is 36.3 Å². The van der Waals surface area contributed by atoms with E-state index in [1.54, 1.807) is 5.48 Å². The van der Waals surface area contributed by atoms with Crippen LogP contribution in [0, 0.1) is 17.8 Å². The second kappa shape index (κ2) is 11.5. The molecule has 9 nitrogen and oxygen atoms in total. The number of carbonyl (C=O) groups excluding carboxylic acids is 4. The lowest BCUT2D eigenvalue weighted by molar-refractivity contribution is -0.146. The number of rotatable bonds is 10. The summed E-state index contributed by atoms with van der Waals surface area (Å²) in [6.07, 6.45) is 5.88. The van der Waals surface area contributed by atoms with Crippen LogP contribution >= 0.6 is 0 Å². The first kappa shape index (κ1) is 25.7. The van der Waals surface area contributed by atoms with Crippen LogP contribution in [0.1, 0.15) is 70.8 Å². The molecule has 1 spiro atoms. The lowest BCUT2D eigenvalue weighted by atomic mass is 9.81. The highest BCUT2D eigenvalue weighted by atomic mass is 16.5. The summed E-state index contributed by atoms with van der Waals surface area (Å²) in [7, 11) is 0. The van der Waals surface area contributed by atoms with Gasteiger partial charge in [0.2, 0.25) is 11.8 Å². The number of hydrogen-bond donors (Lipinski definition) is 4. The standard InChI is InChI=1S/C25H36N4O5/c1-17(2)16-20(19(22(31)28-34)13-9-12-18-10-5-3-6-11-18)21(30)27-29-23(32)25(26-24(29)33)14-7-4-8-15-25/h3,5-6,10-11,17,19-20,34H,4,7-9,12-16H2,1-2H3,(H,26,33)(H,27,30)(H,28,31)/t19-,20+/m0/s1. The zero-order valence-corrected chi connectivity index (χ0v) is 20.0. The average molecular weight is 473 g/mol. The van der Waals surface area contributed by atoms with Crippen molar-refractivity contribution in [3.05, 3.63) is 35.9 Å². The Labute approximate surface area is 200 Å². The summed E-state index contributed by atoms with van der Waals surface area (Å²) in [5, 5.41) is 12.9. The van der Waals surface area contributed by atoms with E-state index in [0.29, 0.717) is 32.1 Å². The first-order chi connectivity index (χ1) is 16.3. The molecule has 4 N–H and O–H groups in total. The van der Waals surface area contributed by atoms with Crippen molar-refractivity contribution in [2.75, 3.05) is 0 Å². The Bertz CT molecular complexity index is 883. The Morgan fingerprint density at radius 2 is 1.74 bits per heavy atom. The summed E-state index contributed by atoms with van der Waals surface area (Å²) in [5.74, 6) is -3.20. The van der Waals surface area contributed by atoms with E-state index in [4.69, 9.17) is 0 Å². The number of urea groups is 1. The van der Waals surface area contributed by atoms with E-state index in [1.807, 2.05) is 44.2 Å². The molecule has 1 heterocycles. The van der Waals surface area contributed by atoms with Crippen LogP contribution < -0.4 is 16.2 Å². The molecule has 0 radical (unpaired) electrons. The van der Waals surface area contributed by atoms with Crippen molar-refractivity contribution in [1.29, 1.82) is 0 Å². The number of hydrazine groups is 1. The lowest BCUT2D eigenvalue weighted by Gasteiger charge is -2.31. The maximum absolute atomic E-state index is 13.3. The van der Waals surface area contributed by atoms with Gasteiger partial charge in [-0.05, 0) is 50.0 Å². The molecular formula is C25H36N4O5. The number of hydrogen-bond acceptors (Lipinski definition) is 5. The second-order valence-electron chi connectivity index (χ2n) is 9.89. The average Bonchev–Trinajstić information content (AvgIpc) is 3.04. The van der Waals surface area contributed by atoms with E-state index < -0.39 is 41.1 Å². The molecule has 1 aliphatic heterocycles. The second-order valence-corrected chi connectivity index (χ2v) is 9.89. The Kier molecular flexibility index (Phi) is 8.66. The summed E-state index contributed by atoms with van der Waals surface area (Å²) in [4.78, 5) is 51.6. The normalized spacial score (nSPS) is 19.1. The number of nitrogens with one attached hydrogen (secondary N) is 3. The smallest absolute Gasteiger partial charge is 0.322 e. The van der Waals surface area contributed by atoms with Gasteiger partial charge in [-0.1, -0.05) is 63.4 Å². The first-order valence-electron chi connectivity index (χ1n) is 12.2. The van der Waals surface area contributed by atoms with Gasteiger partial charge in [-0.3, -0.25) is 25.0 Å². The quantitative estimate of drug-likeness (QED) is 0.236. The van der Waals surface area contributed by atoms with Gasteiger partial charge in [0.25, 0.3) is 5.91 Å². The summed E-state index contributed by atoms with van der Waals surface area (Å²) in [6, 6.07) is 9.17. The number of imide groups is 1. The molecular weight excluding hydrogens is 436 g/mol. The summed E-state index contributed by atoms with van der Waals surface area (Å²) < 4.78 is 0. The number of benzene rings is 1. The van der Waals surface area contributed by atoms with Crippen LogP contribution in [0.5, 0.6) is 0 Å². The minimum absolute atomic E-state index is 0.0756. The Morgan fingerprint density at radius 1 is 1.06 bits per heavy atom. The minimum Gasteiger partial charge on any atom is -0.322 e. The van der Waals surface area contributed by atoms with Crippen molar-refractivity contribution in [2.24, 2.45) is 17.8 Å². The van der Waals surface area contributed by atoms with Gasteiger partial charge in [0, 0.05) is 0 Å². The molecule has 1 saturated carbocycles. The van der Waals surface area contributed by atoms with Gasteiger partial charge in [0.1, 0.15) is 5.54 Å². The number of hydroxylamine groups is 1. The summed E-state index contributed by atoms with van der Waals surface area (Å²) in [5.41, 5.74) is 4.36. The summed E-state index contributed by atoms with van der Waals surface area (Å²) >= 11 is 0. The monoisotopic (exact) mass is 472 g/mol. The minimum atomic E-state index is -0.951. The fourth-order valence-electron chi connectivity index (χ4n) is 5.14. The molecule has 0 unspecified atom stereocenters. The van der Waals surface area contributed by atoms with Crippen LogP contribution in [0.2, 0.25) is 0 Å². The maximum atomic E-state index is 13.3. The van der Waals surface area contributed by atoms with E-state index in [2.05, 4.69) is 10.7 Å². The molecule has 2 fully saturated rings. The molecule has 3 rings (SSSR count). The number of amides is 5. The SMILES string of the molecule is CC(C)C[C@@H](C(=O)NN1C(=O)NC2(CCCCC2)C1=O)[C@H](CCCc1ccccc1)C(=O)NO. The molecule has 186 valence electrons. The lowest BCUT2D eigenvalue weighted by Crippen LogP contribution is -2.53. The van der Waals surface area contributed by atoms with Gasteiger partial charge < -0.3 is 5.32 Å². The van der Waals surface area contributed by atoms with Gasteiger partial charge in [-0.2, -0.15) is 5.01 Å². The molecule has 1 aromatic rings. The Morgan fingerprint density at radius 3 is 2.35 bits per heavy atom. The molecule has 0 bridgehead atoms. The van der Waals surface area contributed by atoms with Gasteiger partial charge >= 0.3 is 6.03 Å². The van der Waals surface area contributed by atoms with E-state index >= 15 is 0 Å². The van der Waals surface area contributed by atoms with E-state index in [1.165, 1.54) is 0 Å². The fourth-order valence-corrected chi connectivity index (χ4v) is 5.14. The molecule has 5 amide bonds. The van der Waals surface area contributed by atoms with Crippen LogP contribution in [-0.2, 0) is 20.8 Å². The highest BCUT2D eigenvalue weighted by Crippen LogP contribution is 2.33. The van der Waals surface area contributed by atoms with Crippen molar-refractivity contribution in [3.8, 4) is 0 Å². The number of nitrogens with zero attached hydrogens (tertiary/aromatic N) is 1. The van der Waals surface area contributed by atoms with Gasteiger partial charge in [0.05, 0.1) is 11.8 Å². The van der Waals surface area contributed by atoms with Crippen molar-refractivity contribution in [1.82, 2.24) is 21.2 Å². The van der Waals surface area contributed by atoms with Gasteiger partial charge in [-0.25, -0.2) is 10.3 Å². The molecule has 1 saturated heterocycles. The third-order valence-corrected chi connectivity index (χ3v) is 6.91. The molecule has 1 aromatic carbocycles. The maximum Gasteiger partial charge on any atom is 0.344 e. The highest BCUT2D eigenvalue weighted by molar-refractivity contribution is 6.08. The first-order valence-corrected chi connectivity index (χ1v) is 12.2. The third-order valence-electron chi connectivity index (χ3n) is 6.91. The molecule has 1 aliphatic carbocycles. The van der Waals surface area contributed by atoms with Crippen LogP contribution in [0.3, 0.4) is 0 Å². The molecule has 9 heteroatoms. The van der Waals surface area contributed by atoms with E-state index in [-0.39, 0.29) is 5.92 Å². The zero-order chi connectivity index (χ0) is 24.7. The predicted molar refractivity (Wildman–Crippen MR) is 125 cm³/mol. The van der Waals surface area contributed by atoms with Crippen LogP contribution in [0.4, 0.5) is 4.79 Å². The van der Waals surface area contributed by atoms with Gasteiger partial charge in [0.15, 0.2) is 0 Å².